The molecule has 0 aliphatic carbocycles. The molecule has 7 nitrogen and oxygen atoms in total. The van der Waals surface area contributed by atoms with Crippen molar-refractivity contribution in [1.29, 1.82) is 5.26 Å². The number of carbonyl (C=O) groups excluding carboxylic acids is 1. The van der Waals surface area contributed by atoms with Gasteiger partial charge in [0.1, 0.15) is 0 Å². The highest BCUT2D eigenvalue weighted by Gasteiger charge is 2.20. The lowest BCUT2D eigenvalue weighted by atomic mass is 10.0. The minimum atomic E-state index is -3.86. The number of nitrogens with zero attached hydrogens (tertiary/aromatic N) is 2. The lowest BCUT2D eigenvalue weighted by molar-refractivity contribution is 0.0941. The highest BCUT2D eigenvalue weighted by Crippen LogP contribution is 2.19. The molecule has 0 bridgehead atoms. The molecule has 1 amide bonds. The zero-order valence-electron chi connectivity index (χ0n) is 17.1. The molecule has 154 valence electrons. The topological polar surface area (TPSA) is 102 Å². The summed E-state index contributed by atoms with van der Waals surface area (Å²) in [5.41, 5.74) is 2.98. The summed E-state index contributed by atoms with van der Waals surface area (Å²) in [6.45, 7) is 3.70. The maximum atomic E-state index is 12.7. The molecule has 0 aliphatic heterocycles. The van der Waals surface area contributed by atoms with Crippen LogP contribution in [0.4, 0.5) is 0 Å². The Labute approximate surface area is 172 Å². The van der Waals surface area contributed by atoms with E-state index in [9.17, 15) is 13.2 Å². The molecule has 8 heteroatoms. The molecular weight excluding hydrogens is 388 g/mol. The molecule has 2 rings (SSSR count). The van der Waals surface area contributed by atoms with E-state index in [4.69, 9.17) is 5.26 Å². The van der Waals surface area contributed by atoms with Gasteiger partial charge in [0.2, 0.25) is 10.0 Å². The Balaban J connectivity index is 2.19. The molecule has 2 aromatic rings. The van der Waals surface area contributed by atoms with E-state index < -0.39 is 10.0 Å². The highest BCUT2D eigenvalue weighted by atomic mass is 32.2. The normalized spacial score (nSPS) is 12.4. The van der Waals surface area contributed by atoms with Crippen LogP contribution in [0.25, 0.3) is 0 Å². The van der Waals surface area contributed by atoms with E-state index in [2.05, 4.69) is 10.0 Å². The van der Waals surface area contributed by atoms with E-state index in [0.717, 1.165) is 11.1 Å². The smallest absolute Gasteiger partial charge is 0.251 e. The predicted molar refractivity (Wildman–Crippen MR) is 112 cm³/mol. The van der Waals surface area contributed by atoms with Crippen molar-refractivity contribution in [2.75, 3.05) is 27.2 Å². The van der Waals surface area contributed by atoms with Gasteiger partial charge >= 0.3 is 0 Å². The maximum Gasteiger partial charge on any atom is 0.251 e. The van der Waals surface area contributed by atoms with E-state index in [0.29, 0.717) is 12.1 Å². The van der Waals surface area contributed by atoms with Crippen molar-refractivity contribution >= 4 is 15.9 Å². The first-order valence-corrected chi connectivity index (χ1v) is 10.6. The van der Waals surface area contributed by atoms with Crippen LogP contribution in [0, 0.1) is 25.2 Å². The summed E-state index contributed by atoms with van der Waals surface area (Å²) < 4.78 is 26.9. The average molecular weight is 415 g/mol. The van der Waals surface area contributed by atoms with Crippen molar-refractivity contribution in [1.82, 2.24) is 14.9 Å². The number of rotatable bonds is 8. The number of amides is 1. The Kier molecular flexibility index (Phi) is 7.51. The van der Waals surface area contributed by atoms with Crippen LogP contribution in [0.15, 0.2) is 47.4 Å². The fourth-order valence-electron chi connectivity index (χ4n) is 2.91. The van der Waals surface area contributed by atoms with Gasteiger partial charge in [-0.15, -0.1) is 0 Å². The fraction of sp³-hybridized carbons (Fsp3) is 0.333. The molecule has 0 heterocycles. The Morgan fingerprint density at radius 1 is 1.14 bits per heavy atom. The van der Waals surface area contributed by atoms with Crippen LogP contribution in [0.2, 0.25) is 0 Å². The maximum absolute atomic E-state index is 12.7. The summed E-state index contributed by atoms with van der Waals surface area (Å²) in [5, 5.41) is 11.5. The van der Waals surface area contributed by atoms with Gasteiger partial charge in [0.25, 0.3) is 5.91 Å². The number of aryl methyl sites for hydroxylation is 2. The fourth-order valence-corrected chi connectivity index (χ4v) is 4.10. The van der Waals surface area contributed by atoms with Crippen LogP contribution in [-0.4, -0.2) is 46.4 Å². The average Bonchev–Trinajstić information content (AvgIpc) is 2.67. The van der Waals surface area contributed by atoms with Crippen LogP contribution >= 0.6 is 0 Å². The van der Waals surface area contributed by atoms with Gasteiger partial charge in [0, 0.05) is 12.1 Å². The quantitative estimate of drug-likeness (QED) is 0.645. The van der Waals surface area contributed by atoms with Gasteiger partial charge in [0.15, 0.2) is 0 Å². The van der Waals surface area contributed by atoms with E-state index in [1.54, 1.807) is 25.1 Å². The standard InChI is InChI=1S/C21H26N4O3S/c1-15-5-8-17(9-6-15)19(25(3)4)14-23-21(26)18-10-7-16(2)20(13-18)29(27,28)24-12-11-22/h5-10,13,19,24H,12,14H2,1-4H3,(H,23,26). The largest absolute Gasteiger partial charge is 0.350 e. The van der Waals surface area contributed by atoms with Crippen LogP contribution in [0.1, 0.15) is 33.1 Å². The molecule has 1 unspecified atom stereocenters. The van der Waals surface area contributed by atoms with Crippen molar-refractivity contribution in [3.05, 3.63) is 64.7 Å². The molecule has 2 N–H and O–H groups in total. The molecule has 0 saturated heterocycles. The SMILES string of the molecule is Cc1ccc(C(CNC(=O)c2ccc(C)c(S(=O)(=O)NCC#N)c2)N(C)C)cc1. The minimum absolute atomic E-state index is 0.0110. The molecule has 0 saturated carbocycles. The first-order valence-electron chi connectivity index (χ1n) is 9.14. The Hall–Kier alpha value is -2.73. The molecule has 0 aliphatic rings. The van der Waals surface area contributed by atoms with Crippen LogP contribution < -0.4 is 10.0 Å². The van der Waals surface area contributed by atoms with Crippen molar-refractivity contribution in [3.63, 3.8) is 0 Å². The van der Waals surface area contributed by atoms with Crippen LogP contribution in [0.5, 0.6) is 0 Å². The monoisotopic (exact) mass is 414 g/mol. The van der Waals surface area contributed by atoms with E-state index >= 15 is 0 Å². The number of hydrogen-bond donors (Lipinski definition) is 2. The zero-order chi connectivity index (χ0) is 21.6. The van der Waals surface area contributed by atoms with Gasteiger partial charge in [-0.05, 0) is 51.2 Å². The van der Waals surface area contributed by atoms with E-state index in [1.807, 2.05) is 50.2 Å². The Morgan fingerprint density at radius 3 is 2.38 bits per heavy atom. The number of hydrogen-bond acceptors (Lipinski definition) is 5. The van der Waals surface area contributed by atoms with Crippen molar-refractivity contribution in [3.8, 4) is 6.07 Å². The van der Waals surface area contributed by atoms with Crippen molar-refractivity contribution in [2.45, 2.75) is 24.8 Å². The molecular formula is C21H26N4O3S. The summed E-state index contributed by atoms with van der Waals surface area (Å²) in [6.07, 6.45) is 0. The van der Waals surface area contributed by atoms with Gasteiger partial charge in [-0.3, -0.25) is 4.79 Å². The summed E-state index contributed by atoms with van der Waals surface area (Å²) >= 11 is 0. The summed E-state index contributed by atoms with van der Waals surface area (Å²) in [7, 11) is 0.0155. The second-order valence-electron chi connectivity index (χ2n) is 7.06. The summed E-state index contributed by atoms with van der Waals surface area (Å²) in [5.74, 6) is -0.360. The predicted octanol–water partition coefficient (Wildman–Crippen LogP) is 2.14. The molecule has 1 atom stereocenters. The van der Waals surface area contributed by atoms with Crippen molar-refractivity contribution in [2.24, 2.45) is 0 Å². The van der Waals surface area contributed by atoms with Gasteiger partial charge in [0.05, 0.1) is 23.6 Å². The number of likely N-dealkylation sites (N-methyl/N-ethyl adjacent to an activating group) is 1. The second kappa shape index (κ2) is 9.65. The molecule has 0 fully saturated rings. The molecule has 0 aromatic heterocycles. The van der Waals surface area contributed by atoms with E-state index in [1.165, 1.54) is 6.07 Å². The summed E-state index contributed by atoms with van der Waals surface area (Å²) in [4.78, 5) is 14.7. The second-order valence-corrected chi connectivity index (χ2v) is 8.80. The molecule has 29 heavy (non-hydrogen) atoms. The van der Waals surface area contributed by atoms with Crippen LogP contribution in [-0.2, 0) is 10.0 Å². The molecule has 2 aromatic carbocycles. The highest BCUT2D eigenvalue weighted by molar-refractivity contribution is 7.89. The number of nitriles is 1. The number of benzene rings is 2. The Morgan fingerprint density at radius 2 is 1.79 bits per heavy atom. The lowest BCUT2D eigenvalue weighted by Crippen LogP contribution is -2.34. The van der Waals surface area contributed by atoms with Gasteiger partial charge in [-0.2, -0.15) is 9.98 Å². The third-order valence-electron chi connectivity index (χ3n) is 4.62. The molecule has 0 spiro atoms. The van der Waals surface area contributed by atoms with Crippen molar-refractivity contribution < 1.29 is 13.2 Å². The minimum Gasteiger partial charge on any atom is -0.350 e. The lowest BCUT2D eigenvalue weighted by Gasteiger charge is -2.25. The van der Waals surface area contributed by atoms with Gasteiger partial charge < -0.3 is 10.2 Å². The third-order valence-corrected chi connectivity index (χ3v) is 6.17. The first kappa shape index (κ1) is 22.6. The number of carbonyl (C=O) groups is 1. The number of nitrogens with one attached hydrogen (secondary N) is 2. The van der Waals surface area contributed by atoms with Gasteiger partial charge in [-0.25, -0.2) is 8.42 Å². The third kappa shape index (κ3) is 5.87. The number of sulfonamides is 1. The summed E-state index contributed by atoms with van der Waals surface area (Å²) in [6, 6.07) is 14.3. The van der Waals surface area contributed by atoms with Gasteiger partial charge in [-0.1, -0.05) is 35.9 Å². The Bertz CT molecular complexity index is 1010. The molecule has 0 radical (unpaired) electrons. The van der Waals surface area contributed by atoms with Crippen LogP contribution in [0.3, 0.4) is 0 Å². The zero-order valence-corrected chi connectivity index (χ0v) is 17.9. The first-order chi connectivity index (χ1) is 13.7. The van der Waals surface area contributed by atoms with E-state index in [-0.39, 0.29) is 29.0 Å².